The first-order valence-corrected chi connectivity index (χ1v) is 7.02. The van der Waals surface area contributed by atoms with Gasteiger partial charge in [-0.1, -0.05) is 19.9 Å². The lowest BCUT2D eigenvalue weighted by Crippen LogP contribution is -2.50. The second-order valence-electron chi connectivity index (χ2n) is 5.16. The number of nitrogens with one attached hydrogen (secondary N) is 2. The summed E-state index contributed by atoms with van der Waals surface area (Å²) in [7, 11) is 0. The van der Waals surface area contributed by atoms with Crippen LogP contribution < -0.4 is 10.6 Å². The third-order valence-electron chi connectivity index (χ3n) is 3.06. The van der Waals surface area contributed by atoms with Crippen LogP contribution in [0, 0.1) is 17.6 Å². The Morgan fingerprint density at radius 2 is 1.82 bits per heavy atom. The molecule has 0 aliphatic rings. The van der Waals surface area contributed by atoms with Crippen molar-refractivity contribution in [1.82, 2.24) is 10.6 Å². The Morgan fingerprint density at radius 1 is 1.23 bits per heavy atom. The second-order valence-corrected chi connectivity index (χ2v) is 5.16. The monoisotopic (exact) mass is 314 g/mol. The number of amides is 2. The molecule has 0 saturated heterocycles. The zero-order valence-corrected chi connectivity index (χ0v) is 12.5. The molecular weight excluding hydrogens is 294 g/mol. The van der Waals surface area contributed by atoms with E-state index in [1.54, 1.807) is 13.8 Å². The van der Waals surface area contributed by atoms with Crippen LogP contribution in [0.1, 0.15) is 30.6 Å². The third-order valence-corrected chi connectivity index (χ3v) is 3.06. The van der Waals surface area contributed by atoms with Crippen molar-refractivity contribution >= 4 is 11.8 Å². The topological polar surface area (TPSA) is 78.4 Å². The Labute approximate surface area is 127 Å². The van der Waals surface area contributed by atoms with Gasteiger partial charge < -0.3 is 15.7 Å². The highest BCUT2D eigenvalue weighted by molar-refractivity contribution is 5.98. The Kier molecular flexibility index (Phi) is 6.91. The number of carbonyl (C=O) groups is 2. The Hall–Kier alpha value is -2.02. The summed E-state index contributed by atoms with van der Waals surface area (Å²) in [6.07, 6.45) is 0.381. The molecule has 0 fully saturated rings. The van der Waals surface area contributed by atoms with Crippen molar-refractivity contribution in [2.75, 3.05) is 13.2 Å². The highest BCUT2D eigenvalue weighted by Gasteiger charge is 2.26. The van der Waals surface area contributed by atoms with Crippen molar-refractivity contribution in [3.8, 4) is 0 Å². The molecule has 2 amide bonds. The summed E-state index contributed by atoms with van der Waals surface area (Å²) in [6, 6.07) is 2.18. The van der Waals surface area contributed by atoms with Gasteiger partial charge in [0, 0.05) is 13.2 Å². The van der Waals surface area contributed by atoms with Crippen LogP contribution in [0.15, 0.2) is 18.2 Å². The van der Waals surface area contributed by atoms with Crippen molar-refractivity contribution in [2.45, 2.75) is 26.3 Å². The number of rotatable bonds is 7. The van der Waals surface area contributed by atoms with Crippen molar-refractivity contribution in [1.29, 1.82) is 0 Å². The largest absolute Gasteiger partial charge is 0.396 e. The smallest absolute Gasteiger partial charge is 0.257 e. The fourth-order valence-corrected chi connectivity index (χ4v) is 1.86. The molecule has 0 bridgehead atoms. The van der Waals surface area contributed by atoms with Gasteiger partial charge in [-0.25, -0.2) is 8.78 Å². The standard InChI is InChI=1S/C15H20F2N2O3/c1-9(2)13(15(22)18-7-4-8-20)19-14(21)12-10(16)5-3-6-11(12)17/h3,5-6,9,13,20H,4,7-8H2,1-2H3,(H,18,22)(H,19,21)/t13-/m1/s1. The van der Waals surface area contributed by atoms with Crippen LogP contribution in [0.25, 0.3) is 0 Å². The number of carbonyl (C=O) groups excluding carboxylic acids is 2. The van der Waals surface area contributed by atoms with Gasteiger partial charge in [0.2, 0.25) is 5.91 Å². The van der Waals surface area contributed by atoms with Gasteiger partial charge in [-0.3, -0.25) is 9.59 Å². The number of aliphatic hydroxyl groups excluding tert-OH is 1. The van der Waals surface area contributed by atoms with Gasteiger partial charge in [-0.05, 0) is 24.5 Å². The Bertz CT molecular complexity index is 515. The van der Waals surface area contributed by atoms with E-state index in [1.807, 2.05) is 0 Å². The van der Waals surface area contributed by atoms with E-state index in [0.29, 0.717) is 6.42 Å². The minimum atomic E-state index is -0.985. The lowest BCUT2D eigenvalue weighted by molar-refractivity contribution is -0.123. The van der Waals surface area contributed by atoms with Gasteiger partial charge >= 0.3 is 0 Å². The number of halogens is 2. The summed E-state index contributed by atoms with van der Waals surface area (Å²) in [5.74, 6) is -3.69. The van der Waals surface area contributed by atoms with Crippen LogP contribution in [-0.2, 0) is 4.79 Å². The van der Waals surface area contributed by atoms with Gasteiger partial charge in [-0.15, -0.1) is 0 Å². The SMILES string of the molecule is CC(C)[C@@H](NC(=O)c1c(F)cccc1F)C(=O)NCCCO. The molecule has 0 aliphatic heterocycles. The Balaban J connectivity index is 2.83. The molecule has 0 spiro atoms. The molecule has 22 heavy (non-hydrogen) atoms. The molecule has 1 aromatic carbocycles. The number of benzene rings is 1. The fourth-order valence-electron chi connectivity index (χ4n) is 1.86. The molecule has 1 rings (SSSR count). The van der Waals surface area contributed by atoms with Crippen molar-refractivity contribution in [2.24, 2.45) is 5.92 Å². The van der Waals surface area contributed by atoms with Crippen LogP contribution >= 0.6 is 0 Å². The molecule has 0 radical (unpaired) electrons. The van der Waals surface area contributed by atoms with E-state index in [-0.39, 0.29) is 19.1 Å². The number of aliphatic hydroxyl groups is 1. The molecule has 1 atom stereocenters. The van der Waals surface area contributed by atoms with Crippen molar-refractivity contribution in [3.63, 3.8) is 0 Å². The van der Waals surface area contributed by atoms with Crippen LogP contribution in [0.4, 0.5) is 8.78 Å². The molecule has 0 aliphatic carbocycles. The van der Waals surface area contributed by atoms with Gasteiger partial charge in [-0.2, -0.15) is 0 Å². The summed E-state index contributed by atoms with van der Waals surface area (Å²) in [4.78, 5) is 24.0. The maximum atomic E-state index is 13.6. The minimum absolute atomic E-state index is 0.0700. The molecular formula is C15H20F2N2O3. The van der Waals surface area contributed by atoms with Crippen LogP contribution in [0.3, 0.4) is 0 Å². The highest BCUT2D eigenvalue weighted by Crippen LogP contribution is 2.13. The average molecular weight is 314 g/mol. The lowest BCUT2D eigenvalue weighted by Gasteiger charge is -2.22. The molecule has 1 aromatic rings. The quantitative estimate of drug-likeness (QED) is 0.662. The maximum Gasteiger partial charge on any atom is 0.257 e. The predicted molar refractivity (Wildman–Crippen MR) is 77.2 cm³/mol. The van der Waals surface area contributed by atoms with E-state index in [2.05, 4.69) is 10.6 Å². The first kappa shape index (κ1) is 18.0. The normalized spacial score (nSPS) is 12.1. The summed E-state index contributed by atoms with van der Waals surface area (Å²) >= 11 is 0. The molecule has 5 nitrogen and oxygen atoms in total. The van der Waals surface area contributed by atoms with Crippen molar-refractivity contribution < 1.29 is 23.5 Å². The van der Waals surface area contributed by atoms with E-state index >= 15 is 0 Å². The molecule has 0 unspecified atom stereocenters. The summed E-state index contributed by atoms with van der Waals surface area (Å²) in [6.45, 7) is 3.59. The fraction of sp³-hybridized carbons (Fsp3) is 0.467. The first-order chi connectivity index (χ1) is 10.4. The van der Waals surface area contributed by atoms with Gasteiger partial charge in [0.15, 0.2) is 0 Å². The Morgan fingerprint density at radius 3 is 2.32 bits per heavy atom. The summed E-state index contributed by atoms with van der Waals surface area (Å²) < 4.78 is 27.1. The second kappa shape index (κ2) is 8.43. The van der Waals surface area contributed by atoms with E-state index in [1.165, 1.54) is 0 Å². The van der Waals surface area contributed by atoms with Gasteiger partial charge in [0.1, 0.15) is 23.2 Å². The summed E-state index contributed by atoms with van der Waals surface area (Å²) in [5.41, 5.74) is -0.712. The minimum Gasteiger partial charge on any atom is -0.396 e. The zero-order valence-electron chi connectivity index (χ0n) is 12.5. The molecule has 3 N–H and O–H groups in total. The van der Waals surface area contributed by atoms with E-state index in [9.17, 15) is 18.4 Å². The van der Waals surface area contributed by atoms with Crippen LogP contribution in [-0.4, -0.2) is 36.1 Å². The number of hydrogen-bond donors (Lipinski definition) is 3. The molecule has 0 heterocycles. The lowest BCUT2D eigenvalue weighted by atomic mass is 10.0. The third kappa shape index (κ3) is 4.77. The van der Waals surface area contributed by atoms with Gasteiger partial charge in [0.05, 0.1) is 0 Å². The first-order valence-electron chi connectivity index (χ1n) is 7.02. The molecule has 7 heteroatoms. The van der Waals surface area contributed by atoms with Crippen LogP contribution in [0.5, 0.6) is 0 Å². The van der Waals surface area contributed by atoms with Crippen LogP contribution in [0.2, 0.25) is 0 Å². The number of hydrogen-bond acceptors (Lipinski definition) is 3. The zero-order chi connectivity index (χ0) is 16.7. The summed E-state index contributed by atoms with van der Waals surface area (Å²) in [5, 5.41) is 13.6. The molecule has 0 aromatic heterocycles. The molecule has 0 saturated carbocycles. The maximum absolute atomic E-state index is 13.6. The predicted octanol–water partition coefficient (Wildman–Crippen LogP) is 1.22. The van der Waals surface area contributed by atoms with E-state index in [4.69, 9.17) is 5.11 Å². The van der Waals surface area contributed by atoms with E-state index in [0.717, 1.165) is 18.2 Å². The molecule has 122 valence electrons. The average Bonchev–Trinajstić information content (AvgIpc) is 2.44. The van der Waals surface area contributed by atoms with E-state index < -0.39 is 35.1 Å². The van der Waals surface area contributed by atoms with Crippen molar-refractivity contribution in [3.05, 3.63) is 35.4 Å². The highest BCUT2D eigenvalue weighted by atomic mass is 19.1. The van der Waals surface area contributed by atoms with Gasteiger partial charge in [0.25, 0.3) is 5.91 Å².